The summed E-state index contributed by atoms with van der Waals surface area (Å²) in [5.74, 6) is 1.04. The van der Waals surface area contributed by atoms with Crippen molar-refractivity contribution in [2.75, 3.05) is 19.9 Å². The lowest BCUT2D eigenvalue weighted by molar-refractivity contribution is -0.122. The fourth-order valence-corrected chi connectivity index (χ4v) is 4.11. The van der Waals surface area contributed by atoms with Gasteiger partial charge in [-0.3, -0.25) is 19.3 Å². The zero-order valence-corrected chi connectivity index (χ0v) is 18.0. The van der Waals surface area contributed by atoms with Gasteiger partial charge >= 0.3 is 0 Å². The molecule has 2 aromatic rings. The standard InChI is InChI=1S/C23H22N2O5S/c1-14(2)16-4-6-17(7-5-16)21(26)24-9-10-25-22(27)20(31-23(25)28)12-15-3-8-18-19(11-15)30-13-29-18/h3-8,11-12,14H,9-10,13H2,1-2H3,(H,24,26)/b20-12-. The van der Waals surface area contributed by atoms with Crippen LogP contribution in [0.4, 0.5) is 4.79 Å². The summed E-state index contributed by atoms with van der Waals surface area (Å²) < 4.78 is 10.6. The quantitative estimate of drug-likeness (QED) is 0.686. The molecule has 31 heavy (non-hydrogen) atoms. The van der Waals surface area contributed by atoms with Crippen LogP contribution < -0.4 is 14.8 Å². The lowest BCUT2D eigenvalue weighted by atomic mass is 10.0. The third kappa shape index (κ3) is 4.59. The number of imide groups is 1. The van der Waals surface area contributed by atoms with Gasteiger partial charge in [-0.15, -0.1) is 0 Å². The monoisotopic (exact) mass is 438 g/mol. The lowest BCUT2D eigenvalue weighted by Gasteiger charge is -2.13. The molecular weight excluding hydrogens is 416 g/mol. The van der Waals surface area contributed by atoms with Gasteiger partial charge in [-0.05, 0) is 59.1 Å². The minimum absolute atomic E-state index is 0.110. The van der Waals surface area contributed by atoms with Gasteiger partial charge in [0.2, 0.25) is 6.79 Å². The summed E-state index contributed by atoms with van der Waals surface area (Å²) in [5, 5.41) is 2.41. The maximum absolute atomic E-state index is 12.6. The van der Waals surface area contributed by atoms with E-state index in [2.05, 4.69) is 19.2 Å². The first-order valence-electron chi connectivity index (χ1n) is 9.95. The molecule has 0 spiro atoms. The van der Waals surface area contributed by atoms with Crippen molar-refractivity contribution in [1.29, 1.82) is 0 Å². The van der Waals surface area contributed by atoms with Crippen LogP contribution in [0, 0.1) is 0 Å². The average molecular weight is 439 g/mol. The van der Waals surface area contributed by atoms with Crippen LogP contribution >= 0.6 is 11.8 Å². The highest BCUT2D eigenvalue weighted by Gasteiger charge is 2.34. The minimum atomic E-state index is -0.372. The van der Waals surface area contributed by atoms with Crippen molar-refractivity contribution in [2.45, 2.75) is 19.8 Å². The average Bonchev–Trinajstić information content (AvgIpc) is 3.33. The predicted octanol–water partition coefficient (Wildman–Crippen LogP) is 4.01. The van der Waals surface area contributed by atoms with Crippen molar-refractivity contribution in [2.24, 2.45) is 0 Å². The summed E-state index contributed by atoms with van der Waals surface area (Å²) in [6.07, 6.45) is 1.65. The van der Waals surface area contributed by atoms with E-state index in [1.165, 1.54) is 0 Å². The number of amides is 3. The number of nitrogens with zero attached hydrogens (tertiary/aromatic N) is 1. The van der Waals surface area contributed by atoms with Gasteiger partial charge in [-0.1, -0.05) is 32.0 Å². The van der Waals surface area contributed by atoms with E-state index in [0.29, 0.717) is 27.9 Å². The number of thioether (sulfide) groups is 1. The van der Waals surface area contributed by atoms with Gasteiger partial charge in [0, 0.05) is 18.7 Å². The van der Waals surface area contributed by atoms with Crippen LogP contribution in [0.2, 0.25) is 0 Å². The summed E-state index contributed by atoms with van der Waals surface area (Å²) in [7, 11) is 0. The van der Waals surface area contributed by atoms with Crippen LogP contribution in [0.3, 0.4) is 0 Å². The van der Waals surface area contributed by atoms with Gasteiger partial charge in [0.1, 0.15) is 0 Å². The number of benzene rings is 2. The molecule has 0 unspecified atom stereocenters. The smallest absolute Gasteiger partial charge is 0.293 e. The minimum Gasteiger partial charge on any atom is -0.454 e. The zero-order chi connectivity index (χ0) is 22.0. The van der Waals surface area contributed by atoms with Crippen LogP contribution in [0.15, 0.2) is 47.4 Å². The van der Waals surface area contributed by atoms with Crippen LogP contribution in [0.5, 0.6) is 11.5 Å². The summed E-state index contributed by atoms with van der Waals surface area (Å²) in [4.78, 5) is 38.7. The Morgan fingerprint density at radius 3 is 2.61 bits per heavy atom. The van der Waals surface area contributed by atoms with E-state index in [-0.39, 0.29) is 36.9 Å². The molecule has 160 valence electrons. The number of fused-ring (bicyclic) bond motifs is 1. The van der Waals surface area contributed by atoms with Crippen molar-refractivity contribution < 1.29 is 23.9 Å². The highest BCUT2D eigenvalue weighted by Crippen LogP contribution is 2.36. The first kappa shape index (κ1) is 21.0. The molecule has 2 aromatic carbocycles. The van der Waals surface area contributed by atoms with E-state index in [9.17, 15) is 14.4 Å². The molecule has 1 saturated heterocycles. The lowest BCUT2D eigenvalue weighted by Crippen LogP contribution is -2.37. The van der Waals surface area contributed by atoms with Crippen molar-refractivity contribution >= 4 is 34.9 Å². The van der Waals surface area contributed by atoms with Gasteiger partial charge in [0.15, 0.2) is 11.5 Å². The number of hydrogen-bond donors (Lipinski definition) is 1. The van der Waals surface area contributed by atoms with E-state index < -0.39 is 0 Å². The van der Waals surface area contributed by atoms with Gasteiger partial charge < -0.3 is 14.8 Å². The summed E-state index contributed by atoms with van der Waals surface area (Å²) in [6.45, 7) is 4.64. The second-order valence-corrected chi connectivity index (χ2v) is 8.47. The maximum atomic E-state index is 12.6. The molecule has 0 aromatic heterocycles. The fraction of sp³-hybridized carbons (Fsp3) is 0.261. The molecule has 4 rings (SSSR count). The molecule has 0 aliphatic carbocycles. The number of carbonyl (C=O) groups excluding carboxylic acids is 3. The molecular formula is C23H22N2O5S. The van der Waals surface area contributed by atoms with Crippen molar-refractivity contribution in [3.63, 3.8) is 0 Å². The normalized spacial score (nSPS) is 16.5. The molecule has 7 nitrogen and oxygen atoms in total. The molecule has 8 heteroatoms. The Kier molecular flexibility index (Phi) is 5.99. The van der Waals surface area contributed by atoms with Crippen LogP contribution in [-0.4, -0.2) is 41.8 Å². The van der Waals surface area contributed by atoms with E-state index in [0.717, 1.165) is 27.8 Å². The third-order valence-electron chi connectivity index (χ3n) is 5.03. The zero-order valence-electron chi connectivity index (χ0n) is 17.2. The molecule has 0 saturated carbocycles. The Morgan fingerprint density at radius 1 is 1.13 bits per heavy atom. The first-order valence-corrected chi connectivity index (χ1v) is 10.8. The number of hydrogen-bond acceptors (Lipinski definition) is 6. The molecule has 2 aliphatic heterocycles. The topological polar surface area (TPSA) is 84.9 Å². The van der Waals surface area contributed by atoms with E-state index >= 15 is 0 Å². The summed E-state index contributed by atoms with van der Waals surface area (Å²) >= 11 is 0.883. The maximum Gasteiger partial charge on any atom is 0.293 e. The van der Waals surface area contributed by atoms with Crippen molar-refractivity contribution in [3.05, 3.63) is 64.1 Å². The molecule has 0 radical (unpaired) electrons. The number of nitrogens with one attached hydrogen (secondary N) is 1. The Morgan fingerprint density at radius 2 is 1.87 bits per heavy atom. The van der Waals surface area contributed by atoms with Gasteiger partial charge in [0.25, 0.3) is 17.1 Å². The third-order valence-corrected chi connectivity index (χ3v) is 5.94. The number of carbonyl (C=O) groups is 3. The second kappa shape index (κ2) is 8.85. The van der Waals surface area contributed by atoms with E-state index in [1.807, 2.05) is 12.1 Å². The van der Waals surface area contributed by atoms with Crippen molar-refractivity contribution in [3.8, 4) is 11.5 Å². The van der Waals surface area contributed by atoms with Gasteiger partial charge in [0.05, 0.1) is 4.91 Å². The molecule has 2 aliphatic rings. The molecule has 2 heterocycles. The molecule has 0 atom stereocenters. The Hall–Kier alpha value is -3.26. The second-order valence-electron chi connectivity index (χ2n) is 7.48. The SMILES string of the molecule is CC(C)c1ccc(C(=O)NCCN2C(=O)S/C(=C\c3ccc4c(c3)OCO4)C2=O)cc1. The molecule has 0 bridgehead atoms. The van der Waals surface area contributed by atoms with Crippen LogP contribution in [0.1, 0.15) is 41.3 Å². The largest absolute Gasteiger partial charge is 0.454 e. The predicted molar refractivity (Wildman–Crippen MR) is 118 cm³/mol. The highest BCUT2D eigenvalue weighted by molar-refractivity contribution is 8.18. The van der Waals surface area contributed by atoms with Gasteiger partial charge in [-0.25, -0.2) is 0 Å². The fourth-order valence-electron chi connectivity index (χ4n) is 3.25. The highest BCUT2D eigenvalue weighted by atomic mass is 32.2. The first-order chi connectivity index (χ1) is 14.9. The molecule has 3 amide bonds. The van der Waals surface area contributed by atoms with Crippen LogP contribution in [-0.2, 0) is 4.79 Å². The summed E-state index contributed by atoms with van der Waals surface area (Å²) in [5.41, 5.74) is 2.44. The van der Waals surface area contributed by atoms with Crippen molar-refractivity contribution in [1.82, 2.24) is 10.2 Å². The molecule has 1 fully saturated rings. The van der Waals surface area contributed by atoms with E-state index in [4.69, 9.17) is 9.47 Å². The summed E-state index contributed by atoms with van der Waals surface area (Å²) in [6, 6.07) is 12.7. The molecule has 1 N–H and O–H groups in total. The number of rotatable bonds is 6. The Bertz CT molecular complexity index is 1060. The number of ether oxygens (including phenoxy) is 2. The Labute approximate surface area is 184 Å². The van der Waals surface area contributed by atoms with Gasteiger partial charge in [-0.2, -0.15) is 0 Å². The van der Waals surface area contributed by atoms with Crippen LogP contribution in [0.25, 0.3) is 6.08 Å². The Balaban J connectivity index is 1.34. The van der Waals surface area contributed by atoms with E-state index in [1.54, 1.807) is 36.4 Å².